The number of carbonyl (C=O) groups is 1. The van der Waals surface area contributed by atoms with Crippen molar-refractivity contribution in [3.8, 4) is 0 Å². The molecule has 0 rings (SSSR count). The fraction of sp³-hybridized carbons (Fsp3) is 0.833. The van der Waals surface area contributed by atoms with Crippen molar-refractivity contribution >= 4 is 13.5 Å². The van der Waals surface area contributed by atoms with Gasteiger partial charge in [0.15, 0.2) is 6.23 Å². The Labute approximate surface area is 72.4 Å². The molecule has 12 heavy (non-hydrogen) atoms. The Morgan fingerprint density at radius 1 is 1.83 bits per heavy atom. The summed E-state index contributed by atoms with van der Waals surface area (Å²) in [5.74, 6) is 0. The van der Waals surface area contributed by atoms with Gasteiger partial charge in [0.05, 0.1) is 0 Å². The number of carbonyl (C=O) groups excluding carboxylic acids is 1. The molecule has 0 spiro atoms. The van der Waals surface area contributed by atoms with E-state index in [0.29, 0.717) is 19.4 Å². The number of nitrogens with one attached hydrogen (secondary N) is 1. The van der Waals surface area contributed by atoms with E-state index in [2.05, 4.69) is 9.96 Å². The molecule has 0 aromatic heterocycles. The summed E-state index contributed by atoms with van der Waals surface area (Å²) in [6.07, 6.45) is 0.830. The Morgan fingerprint density at radius 3 is 3.00 bits per heavy atom. The second kappa shape index (κ2) is 7.09. The molecule has 4 N–H and O–H groups in total. The Morgan fingerprint density at radius 2 is 2.50 bits per heavy atom. The van der Waals surface area contributed by atoms with E-state index >= 15 is 0 Å². The predicted molar refractivity (Wildman–Crippen MR) is 46.2 cm³/mol. The van der Waals surface area contributed by atoms with Crippen LogP contribution in [-0.2, 0) is 9.53 Å². The van der Waals surface area contributed by atoms with Crippen LogP contribution in [0.15, 0.2) is 0 Å². The quantitative estimate of drug-likeness (QED) is 0.198. The topological polar surface area (TPSA) is 84.6 Å². The maximum Gasteiger partial charge on any atom is 0.373 e. The minimum Gasteiger partial charge on any atom is -0.449 e. The van der Waals surface area contributed by atoms with Crippen LogP contribution in [-0.4, -0.2) is 31.3 Å². The molecule has 0 saturated carbocycles. The van der Waals surface area contributed by atoms with Crippen LogP contribution < -0.4 is 11.0 Å². The molecule has 1 unspecified atom stereocenters. The molecule has 5 nitrogen and oxygen atoms in total. The van der Waals surface area contributed by atoms with Crippen molar-refractivity contribution in [3.05, 3.63) is 0 Å². The molecule has 1 atom stereocenters. The van der Waals surface area contributed by atoms with Gasteiger partial charge in [-0.05, 0) is 26.2 Å². The van der Waals surface area contributed by atoms with Crippen molar-refractivity contribution in [2.24, 2.45) is 5.73 Å². The average molecular weight is 174 g/mol. The Bertz CT molecular complexity index is 123. The molecule has 0 aromatic rings. The summed E-state index contributed by atoms with van der Waals surface area (Å²) < 4.78 is 4.46. The smallest absolute Gasteiger partial charge is 0.373 e. The minimum absolute atomic E-state index is 0.340. The molecule has 0 saturated heterocycles. The summed E-state index contributed by atoms with van der Waals surface area (Å²) in [6, 6.07) is 0. The fourth-order valence-electron chi connectivity index (χ4n) is 0.754. The summed E-state index contributed by atoms with van der Waals surface area (Å²) in [7, 11) is -0.506. The third-order valence-corrected chi connectivity index (χ3v) is 1.34. The van der Waals surface area contributed by atoms with Crippen LogP contribution in [0.3, 0.4) is 0 Å². The predicted octanol–water partition coefficient (Wildman–Crippen LogP) is -1.08. The molecule has 0 amide bonds. The number of nitrogens with two attached hydrogens (primary N) is 1. The lowest BCUT2D eigenvalue weighted by atomic mass is 9.89. The SMILES string of the molecule is CB(O)NCCCC(N)OC=O. The fourth-order valence-corrected chi connectivity index (χ4v) is 0.754. The monoisotopic (exact) mass is 174 g/mol. The van der Waals surface area contributed by atoms with Gasteiger partial charge in [-0.1, -0.05) is 0 Å². The Kier molecular flexibility index (Phi) is 6.74. The normalized spacial score (nSPS) is 12.2. The number of hydrogen-bond donors (Lipinski definition) is 3. The van der Waals surface area contributed by atoms with Gasteiger partial charge in [-0.3, -0.25) is 10.5 Å². The van der Waals surface area contributed by atoms with Crippen molar-refractivity contribution in [2.75, 3.05) is 6.54 Å². The van der Waals surface area contributed by atoms with Crippen LogP contribution in [0.2, 0.25) is 6.82 Å². The third-order valence-electron chi connectivity index (χ3n) is 1.34. The van der Waals surface area contributed by atoms with E-state index in [1.54, 1.807) is 6.82 Å². The van der Waals surface area contributed by atoms with Crippen molar-refractivity contribution in [3.63, 3.8) is 0 Å². The first-order valence-electron chi connectivity index (χ1n) is 3.93. The summed E-state index contributed by atoms with van der Waals surface area (Å²) in [6.45, 7) is 2.64. The maximum atomic E-state index is 9.80. The molecule has 70 valence electrons. The van der Waals surface area contributed by atoms with Crippen LogP contribution in [0.1, 0.15) is 12.8 Å². The van der Waals surface area contributed by atoms with Crippen LogP contribution in [0, 0.1) is 0 Å². The van der Waals surface area contributed by atoms with Gasteiger partial charge in [-0.25, -0.2) is 0 Å². The molecule has 0 fully saturated rings. The zero-order valence-corrected chi connectivity index (χ0v) is 7.19. The first-order chi connectivity index (χ1) is 5.66. The Balaban J connectivity index is 3.13. The maximum absolute atomic E-state index is 9.80. The van der Waals surface area contributed by atoms with E-state index in [9.17, 15) is 4.79 Å². The highest BCUT2D eigenvalue weighted by Gasteiger charge is 2.03. The van der Waals surface area contributed by atoms with Gasteiger partial charge in [0.2, 0.25) is 0 Å². The van der Waals surface area contributed by atoms with Gasteiger partial charge in [0, 0.05) is 0 Å². The molecule has 0 heterocycles. The highest BCUT2D eigenvalue weighted by molar-refractivity contribution is 6.45. The lowest BCUT2D eigenvalue weighted by Gasteiger charge is -2.09. The molecule has 0 aliphatic carbocycles. The first-order valence-corrected chi connectivity index (χ1v) is 3.93. The van der Waals surface area contributed by atoms with Crippen LogP contribution in [0.4, 0.5) is 0 Å². The zero-order valence-electron chi connectivity index (χ0n) is 7.19. The van der Waals surface area contributed by atoms with E-state index < -0.39 is 13.3 Å². The largest absolute Gasteiger partial charge is 0.449 e. The molecule has 0 bridgehead atoms. The van der Waals surface area contributed by atoms with Gasteiger partial charge in [-0.2, -0.15) is 0 Å². The van der Waals surface area contributed by atoms with Crippen LogP contribution in [0.5, 0.6) is 0 Å². The van der Waals surface area contributed by atoms with Gasteiger partial charge in [-0.15, -0.1) is 0 Å². The minimum atomic E-state index is -0.529. The van der Waals surface area contributed by atoms with Crippen LogP contribution >= 0.6 is 0 Å². The molecule has 6 heteroatoms. The van der Waals surface area contributed by atoms with Crippen molar-refractivity contribution in [1.29, 1.82) is 0 Å². The molecule has 0 aliphatic heterocycles. The van der Waals surface area contributed by atoms with Gasteiger partial charge >= 0.3 is 7.05 Å². The standard InChI is InChI=1S/C6H15BN2O3/c1-7(11)9-4-2-3-6(8)12-5-10/h5-6,9,11H,2-4,8H2,1H3. The van der Waals surface area contributed by atoms with Gasteiger partial charge in [0.1, 0.15) is 0 Å². The lowest BCUT2D eigenvalue weighted by Crippen LogP contribution is -2.32. The van der Waals surface area contributed by atoms with E-state index in [0.717, 1.165) is 6.42 Å². The number of rotatable bonds is 7. The number of hydrogen-bond acceptors (Lipinski definition) is 5. The van der Waals surface area contributed by atoms with Gasteiger partial charge < -0.3 is 15.0 Å². The summed E-state index contributed by atoms with van der Waals surface area (Å²) in [5, 5.41) is 11.6. The summed E-state index contributed by atoms with van der Waals surface area (Å²) in [5.41, 5.74) is 5.36. The average Bonchev–Trinajstić information content (AvgIpc) is 1.98. The molecular weight excluding hydrogens is 159 g/mol. The van der Waals surface area contributed by atoms with E-state index in [-0.39, 0.29) is 0 Å². The Hall–Kier alpha value is -0.585. The highest BCUT2D eigenvalue weighted by Crippen LogP contribution is 1.93. The van der Waals surface area contributed by atoms with Crippen LogP contribution in [0.25, 0.3) is 0 Å². The molecule has 0 aliphatic rings. The lowest BCUT2D eigenvalue weighted by molar-refractivity contribution is -0.133. The number of ether oxygens (including phenoxy) is 1. The van der Waals surface area contributed by atoms with E-state index in [4.69, 9.17) is 10.8 Å². The van der Waals surface area contributed by atoms with Crippen molar-refractivity contribution < 1.29 is 14.6 Å². The van der Waals surface area contributed by atoms with Crippen molar-refractivity contribution in [1.82, 2.24) is 5.23 Å². The molecular formula is C6H15BN2O3. The highest BCUT2D eigenvalue weighted by atomic mass is 16.5. The third kappa shape index (κ3) is 7.52. The molecule has 0 aromatic carbocycles. The van der Waals surface area contributed by atoms with Gasteiger partial charge in [0.25, 0.3) is 6.47 Å². The van der Waals surface area contributed by atoms with E-state index in [1.165, 1.54) is 0 Å². The first kappa shape index (κ1) is 11.4. The summed E-state index contributed by atoms with van der Waals surface area (Å²) in [4.78, 5) is 9.80. The second-order valence-corrected chi connectivity index (χ2v) is 2.54. The second-order valence-electron chi connectivity index (χ2n) is 2.54. The van der Waals surface area contributed by atoms with E-state index in [1.807, 2.05) is 0 Å². The summed E-state index contributed by atoms with van der Waals surface area (Å²) >= 11 is 0. The van der Waals surface area contributed by atoms with Crippen molar-refractivity contribution in [2.45, 2.75) is 25.9 Å². The zero-order chi connectivity index (χ0) is 9.40. The molecule has 0 radical (unpaired) electrons.